The lowest BCUT2D eigenvalue weighted by atomic mass is 10.1. The van der Waals surface area contributed by atoms with E-state index in [4.69, 9.17) is 4.74 Å². The van der Waals surface area contributed by atoms with Crippen molar-refractivity contribution in [2.75, 3.05) is 0 Å². The molecule has 3 nitrogen and oxygen atoms in total. The second-order valence-electron chi connectivity index (χ2n) is 5.73. The zero-order chi connectivity index (χ0) is 16.4. The molecule has 1 rings (SSSR count). The van der Waals surface area contributed by atoms with Crippen LogP contribution >= 0.6 is 0 Å². The van der Waals surface area contributed by atoms with Gasteiger partial charge in [-0.2, -0.15) is 0 Å². The van der Waals surface area contributed by atoms with E-state index in [1.165, 1.54) is 0 Å². The van der Waals surface area contributed by atoms with Crippen LogP contribution in [-0.2, 0) is 4.74 Å². The van der Waals surface area contributed by atoms with E-state index in [1.54, 1.807) is 24.3 Å². The molecule has 0 saturated heterocycles. The molecule has 1 N–H and O–H groups in total. The van der Waals surface area contributed by atoms with Gasteiger partial charge in [-0.05, 0) is 30.9 Å². The predicted molar refractivity (Wildman–Crippen MR) is 88.4 cm³/mol. The van der Waals surface area contributed by atoms with Crippen molar-refractivity contribution in [2.45, 2.75) is 58.7 Å². The smallest absolute Gasteiger partial charge is 0.339 e. The molecule has 0 amide bonds. The van der Waals surface area contributed by atoms with Crippen molar-refractivity contribution in [2.24, 2.45) is 5.92 Å². The van der Waals surface area contributed by atoms with Crippen molar-refractivity contribution < 1.29 is 14.6 Å². The second-order valence-corrected chi connectivity index (χ2v) is 5.73. The Hall–Kier alpha value is -1.79. The number of carbonyl (C=O) groups is 1. The highest BCUT2D eigenvalue weighted by molar-refractivity contribution is 5.89. The van der Waals surface area contributed by atoms with Crippen LogP contribution in [0.25, 0.3) is 0 Å². The molecule has 2 atom stereocenters. The molecule has 0 aliphatic carbocycles. The summed E-state index contributed by atoms with van der Waals surface area (Å²) in [6, 6.07) is 8.91. The van der Waals surface area contributed by atoms with Crippen LogP contribution in [0.1, 0.15) is 56.8 Å². The van der Waals surface area contributed by atoms with Crippen molar-refractivity contribution in [1.82, 2.24) is 0 Å². The summed E-state index contributed by atoms with van der Waals surface area (Å²) in [7, 11) is 0. The van der Waals surface area contributed by atoms with Gasteiger partial charge in [0.25, 0.3) is 0 Å². The van der Waals surface area contributed by atoms with Crippen LogP contribution in [0.5, 0.6) is 0 Å². The van der Waals surface area contributed by atoms with Gasteiger partial charge in [0.1, 0.15) is 6.10 Å². The normalized spacial score (nSPS) is 13.1. The van der Waals surface area contributed by atoms with Gasteiger partial charge in [0.15, 0.2) is 6.10 Å². The third kappa shape index (κ3) is 6.78. The monoisotopic (exact) mass is 302 g/mol. The topological polar surface area (TPSA) is 46.5 Å². The maximum absolute atomic E-state index is 12.1. The molecule has 1 aromatic rings. The molecular formula is C19H26O3. The molecule has 120 valence electrons. The Labute approximate surface area is 133 Å². The van der Waals surface area contributed by atoms with Crippen LogP contribution < -0.4 is 0 Å². The lowest BCUT2D eigenvalue weighted by Gasteiger charge is -2.13. The number of rotatable bonds is 7. The Morgan fingerprint density at radius 2 is 1.86 bits per heavy atom. The van der Waals surface area contributed by atoms with E-state index >= 15 is 0 Å². The maximum atomic E-state index is 12.1. The van der Waals surface area contributed by atoms with Gasteiger partial charge in [-0.25, -0.2) is 4.79 Å². The highest BCUT2D eigenvalue weighted by Gasteiger charge is 2.14. The van der Waals surface area contributed by atoms with Gasteiger partial charge in [-0.3, -0.25) is 0 Å². The minimum atomic E-state index is -0.691. The Kier molecular flexibility index (Phi) is 8.32. The lowest BCUT2D eigenvalue weighted by Crippen LogP contribution is -2.18. The highest BCUT2D eigenvalue weighted by Crippen LogP contribution is 2.10. The zero-order valence-electron chi connectivity index (χ0n) is 13.7. The molecule has 1 aromatic carbocycles. The van der Waals surface area contributed by atoms with E-state index in [9.17, 15) is 9.90 Å². The Bertz CT molecular complexity index is 496. The largest absolute Gasteiger partial charge is 0.446 e. The molecule has 0 bridgehead atoms. The van der Waals surface area contributed by atoms with Gasteiger partial charge < -0.3 is 9.84 Å². The molecule has 0 aliphatic rings. The quantitative estimate of drug-likeness (QED) is 0.473. The van der Waals surface area contributed by atoms with Crippen molar-refractivity contribution >= 4 is 5.97 Å². The zero-order valence-corrected chi connectivity index (χ0v) is 13.7. The average Bonchev–Trinajstić information content (AvgIpc) is 2.52. The number of benzene rings is 1. The number of aliphatic hydroxyl groups excluding tert-OH is 1. The summed E-state index contributed by atoms with van der Waals surface area (Å²) in [6.07, 6.45) is 2.67. The fourth-order valence-electron chi connectivity index (χ4n) is 1.86. The van der Waals surface area contributed by atoms with E-state index < -0.39 is 12.2 Å². The summed E-state index contributed by atoms with van der Waals surface area (Å²) in [5.41, 5.74) is 0.522. The lowest BCUT2D eigenvalue weighted by molar-refractivity contribution is 0.0392. The molecule has 0 saturated carbocycles. The molecular weight excluding hydrogens is 276 g/mol. The number of hydrogen-bond acceptors (Lipinski definition) is 3. The van der Waals surface area contributed by atoms with E-state index in [2.05, 4.69) is 18.8 Å². The predicted octanol–water partition coefficient (Wildman–Crippen LogP) is 3.81. The van der Waals surface area contributed by atoms with Crippen molar-refractivity contribution in [3.8, 4) is 11.8 Å². The summed E-state index contributed by atoms with van der Waals surface area (Å²) in [5.74, 6) is 5.41. The number of ether oxygens (including phenoxy) is 1. The van der Waals surface area contributed by atoms with Crippen molar-refractivity contribution in [3.63, 3.8) is 0 Å². The van der Waals surface area contributed by atoms with Crippen LogP contribution in [0.3, 0.4) is 0 Å². The summed E-state index contributed by atoms with van der Waals surface area (Å²) in [4.78, 5) is 12.1. The molecule has 0 radical (unpaired) electrons. The van der Waals surface area contributed by atoms with Crippen LogP contribution in [0.15, 0.2) is 30.3 Å². The molecule has 0 aliphatic heterocycles. The summed E-state index contributed by atoms with van der Waals surface area (Å²) in [5, 5.41) is 9.78. The van der Waals surface area contributed by atoms with Crippen LogP contribution in [-0.4, -0.2) is 23.3 Å². The molecule has 0 aromatic heterocycles. The average molecular weight is 302 g/mol. The summed E-state index contributed by atoms with van der Waals surface area (Å²) in [6.45, 7) is 5.93. The highest BCUT2D eigenvalue weighted by atomic mass is 16.5. The first kappa shape index (κ1) is 18.3. The Morgan fingerprint density at radius 1 is 1.18 bits per heavy atom. The van der Waals surface area contributed by atoms with E-state index in [0.29, 0.717) is 12.0 Å². The van der Waals surface area contributed by atoms with Gasteiger partial charge in [0, 0.05) is 0 Å². The van der Waals surface area contributed by atoms with Crippen LogP contribution in [0.2, 0.25) is 0 Å². The number of carbonyl (C=O) groups excluding carboxylic acids is 1. The molecule has 22 heavy (non-hydrogen) atoms. The van der Waals surface area contributed by atoms with Crippen molar-refractivity contribution in [3.05, 3.63) is 35.9 Å². The van der Waals surface area contributed by atoms with E-state index in [-0.39, 0.29) is 11.9 Å². The van der Waals surface area contributed by atoms with Gasteiger partial charge in [0.2, 0.25) is 0 Å². The standard InChI is InChI=1S/C19H26O3/c1-4-5-7-12-17(13-14-18(20)15(2)3)22-19(21)16-10-8-6-9-11-16/h6,8-11,15,17-18,20H,4-5,7,12H2,1-3H3/t17-,18+/m1/s1. The number of unbranched alkanes of at least 4 members (excludes halogenated alkanes) is 2. The van der Waals surface area contributed by atoms with Crippen LogP contribution in [0, 0.1) is 17.8 Å². The SMILES string of the molecule is CCCCC[C@H](C#C[C@H](O)C(C)C)OC(=O)c1ccccc1. The van der Waals surface area contributed by atoms with Gasteiger partial charge >= 0.3 is 5.97 Å². The molecule has 0 heterocycles. The van der Waals surface area contributed by atoms with Crippen molar-refractivity contribution in [1.29, 1.82) is 0 Å². The third-order valence-corrected chi connectivity index (χ3v) is 3.35. The number of esters is 1. The molecule has 3 heteroatoms. The number of hydrogen-bond donors (Lipinski definition) is 1. The molecule has 0 fully saturated rings. The van der Waals surface area contributed by atoms with E-state index in [1.807, 2.05) is 19.9 Å². The summed E-state index contributed by atoms with van der Waals surface area (Å²) < 4.78 is 5.49. The Balaban J connectivity index is 2.70. The van der Waals surface area contributed by atoms with E-state index in [0.717, 1.165) is 19.3 Å². The third-order valence-electron chi connectivity index (χ3n) is 3.35. The number of aliphatic hydroxyl groups is 1. The molecule has 0 spiro atoms. The minimum absolute atomic E-state index is 0.0635. The fraction of sp³-hybridized carbons (Fsp3) is 0.526. The first-order valence-electron chi connectivity index (χ1n) is 7.99. The van der Waals surface area contributed by atoms with Crippen LogP contribution in [0.4, 0.5) is 0 Å². The Morgan fingerprint density at radius 3 is 2.45 bits per heavy atom. The van der Waals surface area contributed by atoms with Gasteiger partial charge in [0.05, 0.1) is 5.56 Å². The minimum Gasteiger partial charge on any atom is -0.446 e. The first-order valence-corrected chi connectivity index (χ1v) is 7.99. The van der Waals surface area contributed by atoms with Gasteiger partial charge in [-0.1, -0.05) is 63.7 Å². The fourth-order valence-corrected chi connectivity index (χ4v) is 1.86. The second kappa shape index (κ2) is 10.0. The maximum Gasteiger partial charge on any atom is 0.339 e. The van der Waals surface area contributed by atoms with Gasteiger partial charge in [-0.15, -0.1) is 0 Å². The summed E-state index contributed by atoms with van der Waals surface area (Å²) >= 11 is 0. The first-order chi connectivity index (χ1) is 10.5. The molecule has 0 unspecified atom stereocenters.